The first kappa shape index (κ1) is 14.5. The van der Waals surface area contributed by atoms with Crippen LogP contribution in [0.4, 0.5) is 5.13 Å². The molecule has 0 aliphatic heterocycles. The van der Waals surface area contributed by atoms with Crippen LogP contribution in [0.1, 0.15) is 11.1 Å². The third kappa shape index (κ3) is 3.61. The van der Waals surface area contributed by atoms with Crippen molar-refractivity contribution in [2.75, 3.05) is 12.8 Å². The van der Waals surface area contributed by atoms with E-state index in [1.807, 2.05) is 12.1 Å². The minimum Gasteiger partial charge on any atom is -0.375 e. The highest BCUT2D eigenvalue weighted by atomic mass is 79.9. The number of fused-ring (bicyclic) bond motifs is 1. The Morgan fingerprint density at radius 1 is 1.14 bits per heavy atom. The Bertz CT molecular complexity index is 769. The molecular formula is C16H16BrN3S. The van der Waals surface area contributed by atoms with Crippen LogP contribution in [0.3, 0.4) is 0 Å². The van der Waals surface area contributed by atoms with Gasteiger partial charge >= 0.3 is 0 Å². The summed E-state index contributed by atoms with van der Waals surface area (Å²) in [6, 6.07) is 14.8. The molecule has 0 aliphatic carbocycles. The Balaban J connectivity index is 1.72. The van der Waals surface area contributed by atoms with Gasteiger partial charge in [-0.05, 0) is 42.4 Å². The quantitative estimate of drug-likeness (QED) is 0.754. The number of thiazole rings is 1. The van der Waals surface area contributed by atoms with E-state index >= 15 is 0 Å². The zero-order chi connectivity index (χ0) is 14.8. The number of hydrogen-bond donors (Lipinski definition) is 1. The summed E-state index contributed by atoms with van der Waals surface area (Å²) in [6.45, 7) is 1.82. The Kier molecular flexibility index (Phi) is 4.24. The summed E-state index contributed by atoms with van der Waals surface area (Å²) in [5, 5.41) is 0.629. The number of hydrogen-bond acceptors (Lipinski definition) is 4. The van der Waals surface area contributed by atoms with Crippen LogP contribution in [-0.4, -0.2) is 16.9 Å². The first-order valence-corrected chi connectivity index (χ1v) is 8.29. The number of halogens is 1. The zero-order valence-corrected chi connectivity index (χ0v) is 14.1. The molecule has 1 heterocycles. The normalized spacial score (nSPS) is 11.4. The summed E-state index contributed by atoms with van der Waals surface area (Å²) in [7, 11) is 2.13. The minimum atomic E-state index is 0.629. The van der Waals surface area contributed by atoms with Crippen molar-refractivity contribution in [1.29, 1.82) is 0 Å². The lowest BCUT2D eigenvalue weighted by Crippen LogP contribution is -2.17. The molecule has 5 heteroatoms. The molecule has 0 saturated heterocycles. The van der Waals surface area contributed by atoms with Crippen LogP contribution in [-0.2, 0) is 13.1 Å². The van der Waals surface area contributed by atoms with Gasteiger partial charge in [-0.3, -0.25) is 4.90 Å². The van der Waals surface area contributed by atoms with Gasteiger partial charge in [-0.15, -0.1) is 0 Å². The first-order valence-electron chi connectivity index (χ1n) is 6.68. The maximum atomic E-state index is 5.75. The van der Waals surface area contributed by atoms with Gasteiger partial charge in [-0.1, -0.05) is 45.5 Å². The fourth-order valence-electron chi connectivity index (χ4n) is 2.40. The number of nitrogens with zero attached hydrogens (tertiary/aromatic N) is 2. The average molecular weight is 362 g/mol. The van der Waals surface area contributed by atoms with Crippen LogP contribution < -0.4 is 5.73 Å². The summed E-state index contributed by atoms with van der Waals surface area (Å²) < 4.78 is 2.27. The second kappa shape index (κ2) is 6.13. The smallest absolute Gasteiger partial charge is 0.181 e. The molecule has 3 rings (SSSR count). The Morgan fingerprint density at radius 2 is 1.90 bits per heavy atom. The highest BCUT2D eigenvalue weighted by molar-refractivity contribution is 9.10. The van der Waals surface area contributed by atoms with Crippen LogP contribution in [0, 0.1) is 0 Å². The lowest BCUT2D eigenvalue weighted by molar-refractivity contribution is 0.319. The summed E-state index contributed by atoms with van der Waals surface area (Å²) in [5.74, 6) is 0. The standard InChI is InChI=1S/C16H16BrN3S/c1-20(9-11-3-2-4-13(17)7-11)10-12-5-6-14-15(8-12)21-16(18)19-14/h2-8H,9-10H2,1H3,(H2,18,19). The molecule has 0 fully saturated rings. The maximum Gasteiger partial charge on any atom is 0.181 e. The maximum absolute atomic E-state index is 5.75. The number of aromatic nitrogens is 1. The molecule has 2 aromatic carbocycles. The second-order valence-electron chi connectivity index (χ2n) is 5.16. The molecule has 2 N–H and O–H groups in total. The third-order valence-corrected chi connectivity index (χ3v) is 4.60. The molecule has 0 amide bonds. The number of anilines is 1. The van der Waals surface area contributed by atoms with Gasteiger partial charge in [0.1, 0.15) is 0 Å². The van der Waals surface area contributed by atoms with Crippen LogP contribution in [0.15, 0.2) is 46.9 Å². The van der Waals surface area contributed by atoms with Crippen LogP contribution in [0.5, 0.6) is 0 Å². The Morgan fingerprint density at radius 3 is 2.67 bits per heavy atom. The lowest BCUT2D eigenvalue weighted by atomic mass is 10.2. The van der Waals surface area contributed by atoms with Gasteiger partial charge in [-0.2, -0.15) is 0 Å². The largest absolute Gasteiger partial charge is 0.375 e. The van der Waals surface area contributed by atoms with Crippen molar-refractivity contribution >= 4 is 42.6 Å². The van der Waals surface area contributed by atoms with Gasteiger partial charge in [0.05, 0.1) is 10.2 Å². The van der Waals surface area contributed by atoms with Gasteiger partial charge in [0, 0.05) is 17.6 Å². The molecule has 21 heavy (non-hydrogen) atoms. The van der Waals surface area contributed by atoms with Gasteiger partial charge in [0.25, 0.3) is 0 Å². The van der Waals surface area contributed by atoms with Crippen molar-refractivity contribution in [2.45, 2.75) is 13.1 Å². The fourth-order valence-corrected chi connectivity index (χ4v) is 3.64. The molecule has 0 atom stereocenters. The minimum absolute atomic E-state index is 0.629. The first-order chi connectivity index (χ1) is 10.1. The summed E-state index contributed by atoms with van der Waals surface area (Å²) in [4.78, 5) is 6.59. The van der Waals surface area contributed by atoms with Crippen molar-refractivity contribution in [3.63, 3.8) is 0 Å². The van der Waals surface area contributed by atoms with Crippen molar-refractivity contribution in [3.05, 3.63) is 58.1 Å². The van der Waals surface area contributed by atoms with E-state index < -0.39 is 0 Å². The van der Waals surface area contributed by atoms with Crippen molar-refractivity contribution in [1.82, 2.24) is 9.88 Å². The summed E-state index contributed by atoms with van der Waals surface area (Å²) in [6.07, 6.45) is 0. The third-order valence-electron chi connectivity index (χ3n) is 3.26. The number of nitrogens with two attached hydrogens (primary N) is 1. The predicted molar refractivity (Wildman–Crippen MR) is 93.3 cm³/mol. The van der Waals surface area contributed by atoms with E-state index in [0.717, 1.165) is 27.8 Å². The molecule has 3 nitrogen and oxygen atoms in total. The second-order valence-corrected chi connectivity index (χ2v) is 7.13. The summed E-state index contributed by atoms with van der Waals surface area (Å²) in [5.41, 5.74) is 9.32. The molecule has 0 unspecified atom stereocenters. The van der Waals surface area contributed by atoms with E-state index in [-0.39, 0.29) is 0 Å². The highest BCUT2D eigenvalue weighted by Gasteiger charge is 2.05. The van der Waals surface area contributed by atoms with Crippen LogP contribution in [0.25, 0.3) is 10.2 Å². The van der Waals surface area contributed by atoms with E-state index in [9.17, 15) is 0 Å². The van der Waals surface area contributed by atoms with Crippen molar-refractivity contribution in [2.24, 2.45) is 0 Å². The molecule has 0 spiro atoms. The number of rotatable bonds is 4. The van der Waals surface area contributed by atoms with E-state index in [2.05, 4.69) is 63.2 Å². The molecule has 0 saturated carbocycles. The van der Waals surface area contributed by atoms with Gasteiger partial charge < -0.3 is 5.73 Å². The van der Waals surface area contributed by atoms with Gasteiger partial charge in [0.2, 0.25) is 0 Å². The van der Waals surface area contributed by atoms with Crippen LogP contribution in [0.2, 0.25) is 0 Å². The molecule has 0 radical (unpaired) electrons. The van der Waals surface area contributed by atoms with E-state index in [0.29, 0.717) is 5.13 Å². The highest BCUT2D eigenvalue weighted by Crippen LogP contribution is 2.25. The van der Waals surface area contributed by atoms with Crippen LogP contribution >= 0.6 is 27.3 Å². The monoisotopic (exact) mass is 361 g/mol. The van der Waals surface area contributed by atoms with E-state index in [1.54, 1.807) is 11.3 Å². The average Bonchev–Trinajstić information content (AvgIpc) is 2.78. The topological polar surface area (TPSA) is 42.2 Å². The van der Waals surface area contributed by atoms with Gasteiger partial charge in [-0.25, -0.2) is 4.98 Å². The molecule has 108 valence electrons. The fraction of sp³-hybridized carbons (Fsp3) is 0.188. The molecule has 1 aromatic heterocycles. The van der Waals surface area contributed by atoms with E-state index in [4.69, 9.17) is 5.73 Å². The number of nitrogen functional groups attached to an aromatic ring is 1. The lowest BCUT2D eigenvalue weighted by Gasteiger charge is -2.17. The Hall–Kier alpha value is -1.43. The van der Waals surface area contributed by atoms with Crippen molar-refractivity contribution in [3.8, 4) is 0 Å². The van der Waals surface area contributed by atoms with E-state index in [1.165, 1.54) is 11.1 Å². The SMILES string of the molecule is CN(Cc1cccc(Br)c1)Cc1ccc2nc(N)sc2c1. The van der Waals surface area contributed by atoms with Crippen molar-refractivity contribution < 1.29 is 0 Å². The molecular weight excluding hydrogens is 346 g/mol. The molecule has 3 aromatic rings. The molecule has 0 bridgehead atoms. The predicted octanol–water partition coefficient (Wildman–Crippen LogP) is 4.27. The Labute approximate surface area is 136 Å². The van der Waals surface area contributed by atoms with Gasteiger partial charge in [0.15, 0.2) is 5.13 Å². The summed E-state index contributed by atoms with van der Waals surface area (Å²) >= 11 is 5.05. The molecule has 0 aliphatic rings. The zero-order valence-electron chi connectivity index (χ0n) is 11.7. The number of benzene rings is 2.